The molecule has 0 radical (unpaired) electrons. The largest absolute Gasteiger partial charge is 0.391 e. The first-order valence-electron chi connectivity index (χ1n) is 5.98. The van der Waals surface area contributed by atoms with E-state index >= 15 is 0 Å². The van der Waals surface area contributed by atoms with Crippen molar-refractivity contribution < 1.29 is 18.7 Å². The van der Waals surface area contributed by atoms with Gasteiger partial charge in [-0.15, -0.1) is 0 Å². The van der Waals surface area contributed by atoms with Crippen LogP contribution in [0.5, 0.6) is 0 Å². The third kappa shape index (κ3) is 3.30. The molecule has 0 spiro atoms. The van der Waals surface area contributed by atoms with Crippen LogP contribution in [-0.2, 0) is 0 Å². The van der Waals surface area contributed by atoms with Crippen molar-refractivity contribution in [2.45, 2.75) is 18.9 Å². The van der Waals surface area contributed by atoms with E-state index in [0.29, 0.717) is 0 Å². The van der Waals surface area contributed by atoms with Gasteiger partial charge in [-0.1, -0.05) is 15.9 Å². The van der Waals surface area contributed by atoms with E-state index < -0.39 is 29.2 Å². The molecule has 2 rings (SSSR count). The van der Waals surface area contributed by atoms with Gasteiger partial charge in [0.15, 0.2) is 0 Å². The predicted octanol–water partition coefficient (Wildman–Crippen LogP) is 2.57. The van der Waals surface area contributed by atoms with Crippen molar-refractivity contribution in [3.63, 3.8) is 0 Å². The first-order chi connectivity index (χ1) is 8.90. The van der Waals surface area contributed by atoms with Crippen LogP contribution in [-0.4, -0.2) is 35.6 Å². The highest BCUT2D eigenvalue weighted by molar-refractivity contribution is 9.10. The van der Waals surface area contributed by atoms with Gasteiger partial charge in [-0.25, -0.2) is 8.78 Å². The van der Waals surface area contributed by atoms with E-state index in [1.807, 2.05) is 0 Å². The maximum Gasteiger partial charge on any atom is 0.259 e. The van der Waals surface area contributed by atoms with Gasteiger partial charge in [-0.05, 0) is 30.9 Å². The Kier molecular flexibility index (Phi) is 4.20. The summed E-state index contributed by atoms with van der Waals surface area (Å²) in [5.74, 6) is -2.38. The van der Waals surface area contributed by atoms with E-state index in [1.54, 1.807) is 0 Å². The molecule has 1 aromatic carbocycles. The molecule has 104 valence electrons. The van der Waals surface area contributed by atoms with Crippen LogP contribution in [0.2, 0.25) is 0 Å². The van der Waals surface area contributed by atoms with Gasteiger partial charge in [0, 0.05) is 18.1 Å². The minimum Gasteiger partial charge on any atom is -0.391 e. The second-order valence-electron chi connectivity index (χ2n) is 4.83. The second-order valence-corrected chi connectivity index (χ2v) is 5.75. The van der Waals surface area contributed by atoms with Gasteiger partial charge in [0.05, 0.1) is 6.10 Å². The summed E-state index contributed by atoms with van der Waals surface area (Å²) in [5, 5.41) is 9.75. The van der Waals surface area contributed by atoms with E-state index in [2.05, 4.69) is 15.9 Å². The highest BCUT2D eigenvalue weighted by Crippen LogP contribution is 2.33. The number of likely N-dealkylation sites (N-methyl/N-ethyl adjacent to an activating group) is 1. The van der Waals surface area contributed by atoms with Crippen LogP contribution in [0.4, 0.5) is 8.78 Å². The molecule has 1 fully saturated rings. The summed E-state index contributed by atoms with van der Waals surface area (Å²) in [7, 11) is 1.43. The molecule has 1 aromatic rings. The molecule has 0 saturated heterocycles. The van der Waals surface area contributed by atoms with Crippen LogP contribution in [0.1, 0.15) is 23.2 Å². The lowest BCUT2D eigenvalue weighted by atomic mass is 10.1. The number of hydrogen-bond donors (Lipinski definition) is 1. The smallest absolute Gasteiger partial charge is 0.259 e. The Hall–Kier alpha value is -1.01. The quantitative estimate of drug-likeness (QED) is 0.919. The molecule has 1 unspecified atom stereocenters. The van der Waals surface area contributed by atoms with Crippen LogP contribution in [0, 0.1) is 17.6 Å². The molecule has 19 heavy (non-hydrogen) atoms. The van der Waals surface area contributed by atoms with Gasteiger partial charge in [0.2, 0.25) is 0 Å². The molecule has 1 N–H and O–H groups in total. The number of carbonyl (C=O) groups excluding carboxylic acids is 1. The molecule has 0 heterocycles. The number of amides is 1. The molecule has 0 aromatic heterocycles. The minimum atomic E-state index is -0.912. The van der Waals surface area contributed by atoms with Gasteiger partial charge < -0.3 is 10.0 Å². The molecule has 1 aliphatic carbocycles. The zero-order chi connectivity index (χ0) is 14.2. The van der Waals surface area contributed by atoms with Gasteiger partial charge in [-0.3, -0.25) is 4.79 Å². The van der Waals surface area contributed by atoms with Crippen molar-refractivity contribution in [1.82, 2.24) is 4.90 Å². The van der Waals surface area contributed by atoms with Gasteiger partial charge in [0.25, 0.3) is 5.91 Å². The Balaban J connectivity index is 2.14. The molecule has 1 aliphatic rings. The zero-order valence-electron chi connectivity index (χ0n) is 10.4. The molecule has 6 heteroatoms. The van der Waals surface area contributed by atoms with Crippen LogP contribution < -0.4 is 0 Å². The first kappa shape index (κ1) is 14.4. The monoisotopic (exact) mass is 333 g/mol. The summed E-state index contributed by atoms with van der Waals surface area (Å²) in [4.78, 5) is 13.1. The Morgan fingerprint density at radius 1 is 1.47 bits per heavy atom. The topological polar surface area (TPSA) is 40.5 Å². The Morgan fingerprint density at radius 2 is 2.00 bits per heavy atom. The molecule has 1 saturated carbocycles. The molecular weight excluding hydrogens is 320 g/mol. The average Bonchev–Trinajstić information content (AvgIpc) is 3.10. The van der Waals surface area contributed by atoms with E-state index in [9.17, 15) is 18.7 Å². The van der Waals surface area contributed by atoms with E-state index in [-0.39, 0.29) is 16.9 Å². The van der Waals surface area contributed by atoms with Crippen LogP contribution in [0.25, 0.3) is 0 Å². The summed E-state index contributed by atoms with van der Waals surface area (Å²) in [6.07, 6.45) is 1.24. The number of halogens is 3. The molecule has 1 atom stereocenters. The number of aliphatic hydroxyl groups excluding tert-OH is 1. The third-order valence-corrected chi connectivity index (χ3v) is 3.65. The zero-order valence-corrected chi connectivity index (χ0v) is 12.0. The maximum atomic E-state index is 13.7. The van der Waals surface area contributed by atoms with Crippen molar-refractivity contribution in [3.8, 4) is 0 Å². The summed E-state index contributed by atoms with van der Waals surface area (Å²) in [5.41, 5.74) is -0.589. The van der Waals surface area contributed by atoms with Crippen molar-refractivity contribution in [2.75, 3.05) is 13.6 Å². The van der Waals surface area contributed by atoms with E-state index in [0.717, 1.165) is 29.9 Å². The fourth-order valence-electron chi connectivity index (χ4n) is 1.93. The minimum absolute atomic E-state index is 0.0818. The van der Waals surface area contributed by atoms with Gasteiger partial charge in [-0.2, -0.15) is 0 Å². The predicted molar refractivity (Wildman–Crippen MR) is 69.7 cm³/mol. The van der Waals surface area contributed by atoms with E-state index in [1.165, 1.54) is 7.05 Å². The number of carbonyl (C=O) groups is 1. The molecule has 0 aliphatic heterocycles. The number of nitrogens with zero attached hydrogens (tertiary/aromatic N) is 1. The van der Waals surface area contributed by atoms with Crippen molar-refractivity contribution >= 4 is 21.8 Å². The van der Waals surface area contributed by atoms with Crippen LogP contribution >= 0.6 is 15.9 Å². The fourth-order valence-corrected chi connectivity index (χ4v) is 2.33. The van der Waals surface area contributed by atoms with Crippen molar-refractivity contribution in [3.05, 3.63) is 33.8 Å². The SMILES string of the molecule is CN(CC(O)C1CC1)C(=O)c1c(F)cc(Br)cc1F. The summed E-state index contributed by atoms with van der Waals surface area (Å²) < 4.78 is 27.5. The number of hydrogen-bond acceptors (Lipinski definition) is 2. The van der Waals surface area contributed by atoms with Gasteiger partial charge in [0.1, 0.15) is 17.2 Å². The van der Waals surface area contributed by atoms with Crippen LogP contribution in [0.15, 0.2) is 16.6 Å². The summed E-state index contributed by atoms with van der Waals surface area (Å²) in [6, 6.07) is 2.09. The first-order valence-corrected chi connectivity index (χ1v) is 6.77. The second kappa shape index (κ2) is 5.54. The number of aliphatic hydroxyl groups is 1. The number of benzene rings is 1. The molecule has 0 bridgehead atoms. The van der Waals surface area contributed by atoms with Crippen LogP contribution in [0.3, 0.4) is 0 Å². The summed E-state index contributed by atoms with van der Waals surface area (Å²) in [6.45, 7) is 0.0818. The lowest BCUT2D eigenvalue weighted by Gasteiger charge is -2.21. The summed E-state index contributed by atoms with van der Waals surface area (Å²) >= 11 is 2.96. The number of rotatable bonds is 4. The highest BCUT2D eigenvalue weighted by Gasteiger charge is 2.32. The third-order valence-electron chi connectivity index (χ3n) is 3.19. The van der Waals surface area contributed by atoms with Gasteiger partial charge >= 0.3 is 0 Å². The highest BCUT2D eigenvalue weighted by atomic mass is 79.9. The lowest BCUT2D eigenvalue weighted by Crippen LogP contribution is -2.36. The molecule has 3 nitrogen and oxygen atoms in total. The molecule has 1 amide bonds. The maximum absolute atomic E-state index is 13.7. The van der Waals surface area contributed by atoms with Crippen molar-refractivity contribution in [1.29, 1.82) is 0 Å². The standard InChI is InChI=1S/C13H14BrF2NO2/c1-17(6-11(18)7-2-3-7)13(19)12-9(15)4-8(14)5-10(12)16/h4-5,7,11,18H,2-3,6H2,1H3. The average molecular weight is 334 g/mol. The lowest BCUT2D eigenvalue weighted by molar-refractivity contribution is 0.0636. The Labute approximate surface area is 118 Å². The Bertz CT molecular complexity index is 482. The Morgan fingerprint density at radius 3 is 2.47 bits per heavy atom. The van der Waals surface area contributed by atoms with E-state index in [4.69, 9.17) is 0 Å². The van der Waals surface area contributed by atoms with Crippen molar-refractivity contribution in [2.24, 2.45) is 5.92 Å². The molecular formula is C13H14BrF2NO2. The fraction of sp³-hybridized carbons (Fsp3) is 0.462. The normalized spacial score (nSPS) is 16.3.